The van der Waals surface area contributed by atoms with Crippen LogP contribution in [0.15, 0.2) is 48.5 Å². The molecule has 134 valence electrons. The zero-order valence-corrected chi connectivity index (χ0v) is 15.8. The largest absolute Gasteiger partial charge is 0.473 e. The minimum atomic E-state index is 0.176. The number of aryl methyl sites for hydroxylation is 2. The highest BCUT2D eigenvalue weighted by atomic mass is 16.5. The Balaban J connectivity index is 1.72. The van der Waals surface area contributed by atoms with Crippen molar-refractivity contribution in [3.05, 3.63) is 70.8 Å². The maximum atomic E-state index is 6.32. The number of nitrogens with zero attached hydrogens (tertiary/aromatic N) is 2. The molecule has 4 rings (SSSR count). The maximum absolute atomic E-state index is 6.32. The lowest BCUT2D eigenvalue weighted by Gasteiger charge is -2.23. The Morgan fingerprint density at radius 1 is 1.12 bits per heavy atom. The molecule has 0 amide bonds. The van der Waals surface area contributed by atoms with Crippen molar-refractivity contribution in [3.63, 3.8) is 0 Å². The van der Waals surface area contributed by atoms with Crippen LogP contribution in [0.5, 0.6) is 5.88 Å². The summed E-state index contributed by atoms with van der Waals surface area (Å²) in [6.45, 7) is 9.21. The van der Waals surface area contributed by atoms with Crippen molar-refractivity contribution >= 4 is 10.9 Å². The first-order valence-corrected chi connectivity index (χ1v) is 9.47. The predicted molar refractivity (Wildman–Crippen MR) is 106 cm³/mol. The lowest BCUT2D eigenvalue weighted by atomic mass is 10.0. The van der Waals surface area contributed by atoms with Gasteiger partial charge in [-0.1, -0.05) is 49.4 Å². The van der Waals surface area contributed by atoms with Crippen molar-refractivity contribution in [2.24, 2.45) is 0 Å². The molecule has 2 heterocycles. The van der Waals surface area contributed by atoms with Crippen LogP contribution in [0.3, 0.4) is 0 Å². The first-order chi connectivity index (χ1) is 12.6. The molecule has 0 spiro atoms. The highest BCUT2D eigenvalue weighted by Gasteiger charge is 2.24. The number of hydrogen-bond donors (Lipinski definition) is 0. The zero-order chi connectivity index (χ0) is 18.1. The van der Waals surface area contributed by atoms with Gasteiger partial charge in [-0.2, -0.15) is 0 Å². The molecule has 1 atom stereocenters. The molecule has 0 aliphatic carbocycles. The minimum Gasteiger partial charge on any atom is -0.473 e. The third-order valence-corrected chi connectivity index (χ3v) is 5.39. The molecule has 1 aromatic heterocycles. The molecule has 0 N–H and O–H groups in total. The highest BCUT2D eigenvalue weighted by Crippen LogP contribution is 2.30. The van der Waals surface area contributed by atoms with E-state index in [0.717, 1.165) is 37.5 Å². The van der Waals surface area contributed by atoms with Crippen molar-refractivity contribution in [1.82, 2.24) is 9.88 Å². The Morgan fingerprint density at radius 3 is 2.69 bits per heavy atom. The summed E-state index contributed by atoms with van der Waals surface area (Å²) < 4.78 is 6.32. The van der Waals surface area contributed by atoms with Crippen LogP contribution in [0, 0.1) is 13.8 Å². The lowest BCUT2D eigenvalue weighted by molar-refractivity contribution is 0.136. The second-order valence-electron chi connectivity index (χ2n) is 7.34. The first-order valence-electron chi connectivity index (χ1n) is 9.47. The molecule has 26 heavy (non-hydrogen) atoms. The van der Waals surface area contributed by atoms with Crippen LogP contribution in [-0.2, 0) is 13.1 Å². The fraction of sp³-hybridized carbons (Fsp3) is 0.348. The van der Waals surface area contributed by atoms with Gasteiger partial charge in [-0.25, -0.2) is 4.98 Å². The molecule has 3 aromatic rings. The summed E-state index contributed by atoms with van der Waals surface area (Å²) in [4.78, 5) is 7.40. The summed E-state index contributed by atoms with van der Waals surface area (Å²) in [5.74, 6) is 0.814. The Morgan fingerprint density at radius 2 is 1.92 bits per heavy atom. The number of fused-ring (bicyclic) bond motifs is 2. The zero-order valence-electron chi connectivity index (χ0n) is 15.8. The monoisotopic (exact) mass is 346 g/mol. The number of rotatable bonds is 3. The van der Waals surface area contributed by atoms with Crippen molar-refractivity contribution in [1.29, 1.82) is 0 Å². The molecule has 0 bridgehead atoms. The number of ether oxygens (including phenoxy) is 1. The Bertz CT molecular complexity index is 920. The van der Waals surface area contributed by atoms with Gasteiger partial charge in [0.15, 0.2) is 0 Å². The molecule has 0 fully saturated rings. The van der Waals surface area contributed by atoms with Gasteiger partial charge in [-0.15, -0.1) is 0 Å². The average Bonchev–Trinajstić information content (AvgIpc) is 2.82. The summed E-state index contributed by atoms with van der Waals surface area (Å²) in [6, 6.07) is 17.3. The van der Waals surface area contributed by atoms with Gasteiger partial charge in [0.1, 0.15) is 6.10 Å². The normalized spacial score (nSPS) is 17.6. The number of benzene rings is 2. The van der Waals surface area contributed by atoms with Crippen LogP contribution in [0.1, 0.15) is 35.6 Å². The van der Waals surface area contributed by atoms with Crippen LogP contribution >= 0.6 is 0 Å². The van der Waals surface area contributed by atoms with E-state index in [0.29, 0.717) is 0 Å². The Kier molecular flexibility index (Phi) is 4.64. The molecule has 2 aromatic carbocycles. The van der Waals surface area contributed by atoms with Gasteiger partial charge in [0.05, 0.1) is 5.52 Å². The quantitative estimate of drug-likeness (QED) is 0.665. The van der Waals surface area contributed by atoms with E-state index >= 15 is 0 Å². The van der Waals surface area contributed by atoms with Crippen molar-refractivity contribution in [2.45, 2.75) is 46.4 Å². The molecule has 1 aliphatic rings. The fourth-order valence-corrected chi connectivity index (χ4v) is 3.69. The van der Waals surface area contributed by atoms with E-state index in [1.807, 2.05) is 0 Å². The molecule has 0 radical (unpaired) electrons. The number of aromatic nitrogens is 1. The van der Waals surface area contributed by atoms with Gasteiger partial charge in [0.2, 0.25) is 5.88 Å². The smallest absolute Gasteiger partial charge is 0.218 e. The molecule has 3 heteroatoms. The predicted octanol–water partition coefficient (Wildman–Crippen LogP) is 5.02. The van der Waals surface area contributed by atoms with E-state index in [4.69, 9.17) is 9.72 Å². The third kappa shape index (κ3) is 3.32. The van der Waals surface area contributed by atoms with Crippen LogP contribution < -0.4 is 4.74 Å². The second-order valence-corrected chi connectivity index (χ2v) is 7.34. The number of pyridine rings is 1. The van der Waals surface area contributed by atoms with E-state index in [1.165, 1.54) is 27.6 Å². The van der Waals surface area contributed by atoms with Gasteiger partial charge < -0.3 is 4.74 Å². The third-order valence-electron chi connectivity index (χ3n) is 5.39. The SMILES string of the molecule is CC[C@@H]1CN(Cc2ccccc2)Cc2cc3ccc(C)c(C)c3nc2O1. The van der Waals surface area contributed by atoms with Crippen molar-refractivity contribution < 1.29 is 4.74 Å². The Hall–Kier alpha value is -2.39. The summed E-state index contributed by atoms with van der Waals surface area (Å²) in [6.07, 6.45) is 1.16. The minimum absolute atomic E-state index is 0.176. The summed E-state index contributed by atoms with van der Waals surface area (Å²) in [5, 5.41) is 1.20. The summed E-state index contributed by atoms with van der Waals surface area (Å²) in [7, 11) is 0. The molecule has 1 aliphatic heterocycles. The second kappa shape index (κ2) is 7.08. The molecule has 0 unspecified atom stereocenters. The topological polar surface area (TPSA) is 25.4 Å². The summed E-state index contributed by atoms with van der Waals surface area (Å²) in [5.41, 5.74) is 6.11. The van der Waals surface area contributed by atoms with Crippen LogP contribution in [0.2, 0.25) is 0 Å². The fourth-order valence-electron chi connectivity index (χ4n) is 3.69. The van der Waals surface area contributed by atoms with Gasteiger partial charge in [0, 0.05) is 30.6 Å². The van der Waals surface area contributed by atoms with Crippen molar-refractivity contribution in [2.75, 3.05) is 6.54 Å². The van der Waals surface area contributed by atoms with Gasteiger partial charge in [0.25, 0.3) is 0 Å². The van der Waals surface area contributed by atoms with E-state index in [9.17, 15) is 0 Å². The van der Waals surface area contributed by atoms with Crippen LogP contribution in [0.25, 0.3) is 10.9 Å². The maximum Gasteiger partial charge on any atom is 0.218 e. The molecule has 3 nitrogen and oxygen atoms in total. The average molecular weight is 346 g/mol. The molecule has 0 saturated heterocycles. The summed E-state index contributed by atoms with van der Waals surface area (Å²) >= 11 is 0. The molecular weight excluding hydrogens is 320 g/mol. The van der Waals surface area contributed by atoms with Crippen LogP contribution in [-0.4, -0.2) is 22.5 Å². The van der Waals surface area contributed by atoms with Gasteiger partial charge >= 0.3 is 0 Å². The van der Waals surface area contributed by atoms with Crippen molar-refractivity contribution in [3.8, 4) is 5.88 Å². The van der Waals surface area contributed by atoms with E-state index in [1.54, 1.807) is 0 Å². The molecule has 0 saturated carbocycles. The van der Waals surface area contributed by atoms with E-state index in [2.05, 4.69) is 74.2 Å². The number of hydrogen-bond acceptors (Lipinski definition) is 3. The van der Waals surface area contributed by atoms with Crippen LogP contribution in [0.4, 0.5) is 0 Å². The molecular formula is C23H26N2O. The first kappa shape index (κ1) is 17.0. The lowest BCUT2D eigenvalue weighted by Crippen LogP contribution is -2.32. The standard InChI is InChI=1S/C23H26N2O/c1-4-21-15-25(13-18-8-6-5-7-9-18)14-20-12-19-11-10-16(2)17(3)22(19)24-23(20)26-21/h5-12,21H,4,13-15H2,1-3H3/t21-/m1/s1. The van der Waals surface area contributed by atoms with Gasteiger partial charge in [-0.3, -0.25) is 4.90 Å². The van der Waals surface area contributed by atoms with Gasteiger partial charge in [-0.05, 0) is 43.0 Å². The highest BCUT2D eigenvalue weighted by molar-refractivity contribution is 5.84. The van der Waals surface area contributed by atoms with E-state index in [-0.39, 0.29) is 6.10 Å². The Labute approximate surface area is 155 Å². The van der Waals surface area contributed by atoms with E-state index < -0.39 is 0 Å².